The van der Waals surface area contributed by atoms with Gasteiger partial charge in [0.2, 0.25) is 0 Å². The third-order valence-corrected chi connectivity index (χ3v) is 5.85. The minimum Gasteiger partial charge on any atom is -0.508 e. The van der Waals surface area contributed by atoms with E-state index in [2.05, 4.69) is 0 Å². The van der Waals surface area contributed by atoms with E-state index >= 15 is 0 Å². The molecule has 6 aromatic rings. The summed E-state index contributed by atoms with van der Waals surface area (Å²) in [5, 5.41) is 10.3. The molecule has 0 fully saturated rings. The van der Waals surface area contributed by atoms with Gasteiger partial charge in [0.05, 0.1) is 19.2 Å². The average molecular weight is 504 g/mol. The Morgan fingerprint density at radius 3 is 1.18 bits per heavy atom. The highest BCUT2D eigenvalue weighted by atomic mass is 16.3. The highest BCUT2D eigenvalue weighted by molar-refractivity contribution is 5.81. The number of hydrogen-bond donors (Lipinski definition) is 1. The molecule has 0 aliphatic carbocycles. The summed E-state index contributed by atoms with van der Waals surface area (Å²) in [5.41, 5.74) is 2.81. The Morgan fingerprint density at radius 2 is 0.763 bits per heavy atom. The summed E-state index contributed by atoms with van der Waals surface area (Å²) in [6.07, 6.45) is 0. The Kier molecular flexibility index (Phi) is 3.44. The number of aromatic hydroxyl groups is 1. The largest absolute Gasteiger partial charge is 0.508 e. The highest BCUT2D eigenvalue weighted by Crippen LogP contribution is 2.37. The maximum Gasteiger partial charge on any atom is 0.116 e. The molecule has 2 nitrogen and oxygen atoms in total. The van der Waals surface area contributed by atoms with Crippen LogP contribution in [-0.2, 0) is 0 Å². The van der Waals surface area contributed by atoms with Gasteiger partial charge in [-0.25, -0.2) is 0 Å². The van der Waals surface area contributed by atoms with Crippen molar-refractivity contribution in [2.75, 3.05) is 4.90 Å². The molecule has 6 aromatic carbocycles. The summed E-state index contributed by atoms with van der Waals surface area (Å²) in [6.45, 7) is 0. The minimum absolute atomic E-state index is 0.0254. The molecule has 0 spiro atoms. The number of phenols is 1. The molecule has 0 bridgehead atoms. The van der Waals surface area contributed by atoms with Gasteiger partial charge in [-0.05, 0) is 81.9 Å². The van der Waals surface area contributed by atoms with Crippen LogP contribution in [-0.4, -0.2) is 5.11 Å². The van der Waals surface area contributed by atoms with Crippen molar-refractivity contribution in [1.82, 2.24) is 0 Å². The van der Waals surface area contributed by atoms with Gasteiger partial charge >= 0.3 is 0 Å². The van der Waals surface area contributed by atoms with Crippen molar-refractivity contribution < 1.29 is 24.3 Å². The Morgan fingerprint density at radius 1 is 0.395 bits per heavy atom. The Bertz CT molecular complexity index is 2040. The second kappa shape index (κ2) is 10.5. The smallest absolute Gasteiger partial charge is 0.116 e. The summed E-state index contributed by atoms with van der Waals surface area (Å²) in [6, 6.07) is 13.5. The van der Waals surface area contributed by atoms with Crippen LogP contribution in [0.15, 0.2) is 157 Å². The number of nitrogens with zero attached hydrogens (tertiary/aromatic N) is 1. The lowest BCUT2D eigenvalue weighted by atomic mass is 10.0. The van der Waals surface area contributed by atoms with Crippen LogP contribution in [0.5, 0.6) is 5.75 Å². The number of benzene rings is 6. The molecule has 1 N–H and O–H groups in total. The molecule has 0 amide bonds. The third-order valence-electron chi connectivity index (χ3n) is 5.85. The molecule has 0 aromatic heterocycles. The van der Waals surface area contributed by atoms with Crippen molar-refractivity contribution in [2.24, 2.45) is 0 Å². The molecule has 182 valence electrons. The molecule has 0 saturated heterocycles. The maximum absolute atomic E-state index is 10.3. The molecule has 0 heterocycles. The van der Waals surface area contributed by atoms with Gasteiger partial charge in [-0.2, -0.15) is 0 Å². The SMILES string of the molecule is [2H]c1c([2H])c([2H])c(-c2ccc(N(c3ccc(-c4c([2H])c([2H])c([2H])c([2H])c4[2H])cc3)c3ccc(-c4c([2H])c([2H])c([2H])c(O)c4[2H])cc3)cc2)c([2H])c1[2H]. The second-order valence-corrected chi connectivity index (χ2v) is 8.20. The predicted molar refractivity (Wildman–Crippen MR) is 159 cm³/mol. The molecule has 0 atom stereocenters. The minimum atomic E-state index is -0.708. The summed E-state index contributed by atoms with van der Waals surface area (Å²) >= 11 is 0. The van der Waals surface area contributed by atoms with Gasteiger partial charge in [0.1, 0.15) is 5.75 Å². The fourth-order valence-corrected chi connectivity index (χ4v) is 4.05. The fraction of sp³-hybridized carbons (Fsp3) is 0. The summed E-state index contributed by atoms with van der Waals surface area (Å²) in [7, 11) is 0. The van der Waals surface area contributed by atoms with Crippen LogP contribution >= 0.6 is 0 Å². The number of phenolic OH excluding ortho intramolecular Hbond substituents is 1. The Labute approximate surface area is 243 Å². The molecule has 2 heteroatoms. The van der Waals surface area contributed by atoms with E-state index in [0.29, 0.717) is 33.8 Å². The molecule has 6 rings (SSSR count). The van der Waals surface area contributed by atoms with Crippen molar-refractivity contribution in [3.63, 3.8) is 0 Å². The molecule has 0 aliphatic rings. The first-order valence-corrected chi connectivity index (χ1v) is 11.6. The fourth-order valence-electron chi connectivity index (χ4n) is 4.05. The van der Waals surface area contributed by atoms with Crippen molar-refractivity contribution in [3.8, 4) is 39.1 Å². The molecular weight excluding hydrogens is 462 g/mol. The van der Waals surface area contributed by atoms with E-state index in [1.165, 1.54) is 0 Å². The van der Waals surface area contributed by atoms with Gasteiger partial charge in [0.25, 0.3) is 0 Å². The molecular formula is C36H27NO. The summed E-state index contributed by atoms with van der Waals surface area (Å²) < 4.78 is 114. The van der Waals surface area contributed by atoms with Crippen LogP contribution < -0.4 is 4.90 Å². The van der Waals surface area contributed by atoms with Crippen LogP contribution in [0, 0.1) is 0 Å². The normalized spacial score (nSPS) is 15.9. The van der Waals surface area contributed by atoms with Crippen molar-refractivity contribution in [3.05, 3.63) is 157 Å². The van der Waals surface area contributed by atoms with E-state index in [0.717, 1.165) is 0 Å². The van der Waals surface area contributed by atoms with Gasteiger partial charge < -0.3 is 10.0 Å². The first-order valence-electron chi connectivity index (χ1n) is 18.6. The zero-order valence-corrected chi connectivity index (χ0v) is 19.8. The van der Waals surface area contributed by atoms with Gasteiger partial charge in [-0.1, -0.05) is 109 Å². The van der Waals surface area contributed by atoms with Gasteiger partial charge in [-0.3, -0.25) is 0 Å². The van der Waals surface area contributed by atoms with Crippen LogP contribution in [0.3, 0.4) is 0 Å². The predicted octanol–water partition coefficient (Wildman–Crippen LogP) is 9.86. The van der Waals surface area contributed by atoms with Gasteiger partial charge in [0, 0.05) is 17.1 Å². The number of hydrogen-bond acceptors (Lipinski definition) is 2. The second-order valence-electron chi connectivity index (χ2n) is 8.20. The van der Waals surface area contributed by atoms with Crippen LogP contribution in [0.1, 0.15) is 19.2 Å². The van der Waals surface area contributed by atoms with Crippen molar-refractivity contribution in [2.45, 2.75) is 0 Å². The van der Waals surface area contributed by atoms with E-state index in [1.807, 2.05) is 0 Å². The molecule has 0 radical (unpaired) electrons. The van der Waals surface area contributed by atoms with Gasteiger partial charge in [0.15, 0.2) is 0 Å². The average Bonchev–Trinajstić information content (AvgIpc) is 3.15. The van der Waals surface area contributed by atoms with E-state index in [4.69, 9.17) is 19.2 Å². The molecule has 0 aliphatic heterocycles. The topological polar surface area (TPSA) is 23.5 Å². The maximum atomic E-state index is 10.3. The first-order chi connectivity index (χ1) is 24.6. The lowest BCUT2D eigenvalue weighted by Crippen LogP contribution is -2.09. The summed E-state index contributed by atoms with van der Waals surface area (Å²) in [4.78, 5) is 1.80. The standard InChI is InChI=1S/C36H27NO/c38-36-13-7-12-32(26-36)31-18-24-35(25-19-31)37(33-20-14-29(15-21-33)27-8-3-1-4-9-27)34-22-16-30(17-23-34)28-10-5-2-6-11-28/h1-26,38H/i1D,2D,3D,4D,5D,6D,7D,8D,9D,10D,11D,12D,13D,26D. The monoisotopic (exact) mass is 503 g/mol. The van der Waals surface area contributed by atoms with Crippen molar-refractivity contribution in [1.29, 1.82) is 0 Å². The zero-order chi connectivity index (χ0) is 37.9. The Balaban J connectivity index is 1.48. The van der Waals surface area contributed by atoms with Crippen LogP contribution in [0.2, 0.25) is 0 Å². The van der Waals surface area contributed by atoms with Gasteiger partial charge in [-0.15, -0.1) is 0 Å². The van der Waals surface area contributed by atoms with E-state index in [-0.39, 0.29) is 46.9 Å². The molecule has 0 unspecified atom stereocenters. The lowest BCUT2D eigenvalue weighted by Gasteiger charge is -2.26. The quantitative estimate of drug-likeness (QED) is 0.244. The van der Waals surface area contributed by atoms with E-state index in [9.17, 15) is 5.11 Å². The van der Waals surface area contributed by atoms with Crippen molar-refractivity contribution >= 4 is 17.1 Å². The third kappa shape index (κ3) is 4.93. The van der Waals surface area contributed by atoms with Crippen LogP contribution in [0.25, 0.3) is 33.4 Å². The van der Waals surface area contributed by atoms with Crippen LogP contribution in [0.4, 0.5) is 17.1 Å². The van der Waals surface area contributed by atoms with E-state index < -0.39 is 60.1 Å². The molecule has 0 saturated carbocycles. The van der Waals surface area contributed by atoms with E-state index in [1.54, 1.807) is 77.7 Å². The zero-order valence-electron chi connectivity index (χ0n) is 33.8. The highest BCUT2D eigenvalue weighted by Gasteiger charge is 2.14. The summed E-state index contributed by atoms with van der Waals surface area (Å²) in [5.74, 6) is -0.708. The number of anilines is 3. The lowest BCUT2D eigenvalue weighted by molar-refractivity contribution is 0.475. The first kappa shape index (κ1) is 12.4. The Hall–Kier alpha value is -5.08. The molecule has 38 heavy (non-hydrogen) atoms. The number of rotatable bonds is 6.